The van der Waals surface area contributed by atoms with Gasteiger partial charge in [-0.1, -0.05) is 24.3 Å². The fraction of sp³-hybridized carbons (Fsp3) is 0.259. The normalized spacial score (nSPS) is 14.9. The zero-order valence-corrected chi connectivity index (χ0v) is 19.9. The minimum Gasteiger partial charge on any atom is -0.491 e. The average Bonchev–Trinajstić information content (AvgIpc) is 3.32. The Balaban J connectivity index is 1.53. The molecule has 0 unspecified atom stereocenters. The molecule has 7 heteroatoms. The lowest BCUT2D eigenvalue weighted by atomic mass is 10.00. The Morgan fingerprint density at radius 3 is 2.71 bits per heavy atom. The van der Waals surface area contributed by atoms with Crippen LogP contribution in [0, 0.1) is 12.7 Å². The van der Waals surface area contributed by atoms with E-state index >= 15 is 0 Å². The van der Waals surface area contributed by atoms with Gasteiger partial charge >= 0.3 is 0 Å². The van der Waals surface area contributed by atoms with E-state index in [1.165, 1.54) is 34.0 Å². The number of nitrogens with zero attached hydrogens (tertiary/aromatic N) is 2. The highest BCUT2D eigenvalue weighted by atomic mass is 32.1. The molecule has 0 fully saturated rings. The number of thiophene rings is 1. The Labute approximate surface area is 203 Å². The molecule has 1 aromatic heterocycles. The molecule has 2 heterocycles. The van der Waals surface area contributed by atoms with E-state index in [4.69, 9.17) is 4.74 Å². The van der Waals surface area contributed by atoms with Crippen LogP contribution in [0.5, 0.6) is 5.75 Å². The third-order valence-electron chi connectivity index (χ3n) is 5.96. The van der Waals surface area contributed by atoms with Gasteiger partial charge in [0.2, 0.25) is 5.91 Å². The molecule has 1 atom stereocenters. The molecule has 0 saturated carbocycles. The van der Waals surface area contributed by atoms with Crippen LogP contribution in [0.25, 0.3) is 0 Å². The summed E-state index contributed by atoms with van der Waals surface area (Å²) in [7, 11) is 0. The molecular formula is C27H27FN2O3S. The second kappa shape index (κ2) is 10.7. The number of hydrogen-bond donors (Lipinski definition) is 0. The van der Waals surface area contributed by atoms with Crippen molar-refractivity contribution in [3.05, 3.63) is 100 Å². The van der Waals surface area contributed by atoms with Gasteiger partial charge in [0.1, 0.15) is 24.7 Å². The second-order valence-corrected chi connectivity index (χ2v) is 9.21. The first-order valence-corrected chi connectivity index (χ1v) is 12.1. The smallest absolute Gasteiger partial charge is 0.254 e. The van der Waals surface area contributed by atoms with Crippen molar-refractivity contribution in [2.24, 2.45) is 0 Å². The van der Waals surface area contributed by atoms with Crippen molar-refractivity contribution in [3.63, 3.8) is 0 Å². The predicted octanol–water partition coefficient (Wildman–Crippen LogP) is 5.03. The van der Waals surface area contributed by atoms with Crippen molar-refractivity contribution < 1.29 is 18.7 Å². The zero-order chi connectivity index (χ0) is 24.1. The number of halogens is 1. The van der Waals surface area contributed by atoms with Gasteiger partial charge in [0.25, 0.3) is 5.91 Å². The van der Waals surface area contributed by atoms with Gasteiger partial charge in [0.15, 0.2) is 0 Å². The number of rotatable bonds is 8. The molecular weight excluding hydrogens is 451 g/mol. The molecule has 176 valence electrons. The molecule has 1 aliphatic heterocycles. The fourth-order valence-electron chi connectivity index (χ4n) is 4.17. The maximum Gasteiger partial charge on any atom is 0.254 e. The molecule has 34 heavy (non-hydrogen) atoms. The van der Waals surface area contributed by atoms with Gasteiger partial charge < -0.3 is 14.5 Å². The van der Waals surface area contributed by atoms with Crippen LogP contribution in [0.2, 0.25) is 0 Å². The van der Waals surface area contributed by atoms with Gasteiger partial charge in [-0.25, -0.2) is 4.39 Å². The van der Waals surface area contributed by atoms with Crippen LogP contribution in [0.15, 0.2) is 72.6 Å². The summed E-state index contributed by atoms with van der Waals surface area (Å²) in [5.74, 6) is -0.127. The van der Waals surface area contributed by atoms with Crippen LogP contribution in [0.4, 0.5) is 4.39 Å². The van der Waals surface area contributed by atoms with Crippen molar-refractivity contribution in [1.29, 1.82) is 0 Å². The summed E-state index contributed by atoms with van der Waals surface area (Å²) in [6.07, 6.45) is 2.35. The number of para-hydroxylation sites is 1. The van der Waals surface area contributed by atoms with Crippen LogP contribution < -0.4 is 4.74 Å². The lowest BCUT2D eigenvalue weighted by molar-refractivity contribution is -0.135. The lowest BCUT2D eigenvalue weighted by Crippen LogP contribution is -2.47. The Kier molecular flexibility index (Phi) is 7.43. The van der Waals surface area contributed by atoms with Crippen molar-refractivity contribution in [2.75, 3.05) is 26.2 Å². The van der Waals surface area contributed by atoms with Crippen molar-refractivity contribution in [1.82, 2.24) is 9.80 Å². The minimum atomic E-state index is -0.417. The molecule has 0 spiro atoms. The Bertz CT molecular complexity index is 1170. The minimum absolute atomic E-state index is 0.0947. The number of amides is 2. The Morgan fingerprint density at radius 1 is 1.21 bits per heavy atom. The van der Waals surface area contributed by atoms with Gasteiger partial charge in [0, 0.05) is 23.5 Å². The number of hydrogen-bond acceptors (Lipinski definition) is 4. The summed E-state index contributed by atoms with van der Waals surface area (Å²) < 4.78 is 19.4. The number of ether oxygens (including phenoxy) is 1. The van der Waals surface area contributed by atoms with E-state index in [0.717, 1.165) is 23.3 Å². The van der Waals surface area contributed by atoms with Crippen LogP contribution >= 0.6 is 11.3 Å². The summed E-state index contributed by atoms with van der Waals surface area (Å²) in [5.41, 5.74) is 2.45. The van der Waals surface area contributed by atoms with Gasteiger partial charge in [-0.15, -0.1) is 17.9 Å². The number of fused-ring (bicyclic) bond motifs is 1. The molecule has 0 radical (unpaired) electrons. The second-order valence-electron chi connectivity index (χ2n) is 8.21. The summed E-state index contributed by atoms with van der Waals surface area (Å²) in [6, 6.07) is 14.9. The molecule has 5 nitrogen and oxygen atoms in total. The number of benzene rings is 2. The molecule has 0 aliphatic carbocycles. The highest BCUT2D eigenvalue weighted by Crippen LogP contribution is 2.34. The van der Waals surface area contributed by atoms with Crippen LogP contribution in [0.1, 0.15) is 32.4 Å². The lowest BCUT2D eigenvalue weighted by Gasteiger charge is -2.37. The predicted molar refractivity (Wildman–Crippen MR) is 132 cm³/mol. The topological polar surface area (TPSA) is 49.9 Å². The van der Waals surface area contributed by atoms with E-state index in [-0.39, 0.29) is 30.9 Å². The monoisotopic (exact) mass is 478 g/mol. The summed E-state index contributed by atoms with van der Waals surface area (Å²) in [5, 5.41) is 2.04. The van der Waals surface area contributed by atoms with Crippen LogP contribution in [0.3, 0.4) is 0 Å². The quantitative estimate of drug-likeness (QED) is 0.427. The molecule has 4 rings (SSSR count). The third kappa shape index (κ3) is 5.20. The number of carbonyl (C=O) groups excluding carboxylic acids is 2. The van der Waals surface area contributed by atoms with Crippen molar-refractivity contribution in [3.8, 4) is 5.75 Å². The highest BCUT2D eigenvalue weighted by Gasteiger charge is 2.33. The Hall–Kier alpha value is -3.45. The van der Waals surface area contributed by atoms with E-state index in [0.29, 0.717) is 18.7 Å². The standard InChI is InChI=1S/C27H27FN2O3S/c1-3-14-29(27(32)20-8-10-21(28)11-9-20)17-26(31)30-15-12-25-22(13-16-34-25)23(30)18-33-24-7-5-4-6-19(24)2/h3-11,13,16,23H,1,12,14-15,17-18H2,2H3/t23-/m0/s1. The van der Waals surface area contributed by atoms with Crippen molar-refractivity contribution >= 4 is 23.2 Å². The highest BCUT2D eigenvalue weighted by molar-refractivity contribution is 7.10. The molecule has 0 saturated heterocycles. The molecule has 0 N–H and O–H groups in total. The van der Waals surface area contributed by atoms with Gasteiger partial charge in [-0.2, -0.15) is 0 Å². The van der Waals surface area contributed by atoms with E-state index in [9.17, 15) is 14.0 Å². The number of carbonyl (C=O) groups is 2. The fourth-order valence-corrected chi connectivity index (χ4v) is 5.09. The summed E-state index contributed by atoms with van der Waals surface area (Å²) in [4.78, 5) is 31.0. The van der Waals surface area contributed by atoms with Crippen LogP contribution in [-0.2, 0) is 11.2 Å². The maximum absolute atomic E-state index is 13.5. The first-order valence-electron chi connectivity index (χ1n) is 11.2. The summed E-state index contributed by atoms with van der Waals surface area (Å²) >= 11 is 1.69. The van der Waals surface area contributed by atoms with E-state index in [1.54, 1.807) is 22.3 Å². The third-order valence-corrected chi connectivity index (χ3v) is 6.96. The molecule has 2 aromatic carbocycles. The maximum atomic E-state index is 13.5. The largest absolute Gasteiger partial charge is 0.491 e. The van der Waals surface area contributed by atoms with Crippen LogP contribution in [-0.4, -0.2) is 47.9 Å². The molecule has 0 bridgehead atoms. The first-order chi connectivity index (χ1) is 16.5. The average molecular weight is 479 g/mol. The van der Waals surface area contributed by atoms with Gasteiger partial charge in [-0.3, -0.25) is 9.59 Å². The SMILES string of the molecule is C=CCN(CC(=O)N1CCc2sccc2[C@@H]1COc1ccccc1C)C(=O)c1ccc(F)cc1. The Morgan fingerprint density at radius 2 is 1.97 bits per heavy atom. The number of aryl methyl sites for hydroxylation is 1. The van der Waals surface area contributed by atoms with Gasteiger partial charge in [-0.05, 0) is 66.2 Å². The van der Waals surface area contributed by atoms with E-state index in [2.05, 4.69) is 12.6 Å². The van der Waals surface area contributed by atoms with E-state index < -0.39 is 5.82 Å². The van der Waals surface area contributed by atoms with Crippen molar-refractivity contribution in [2.45, 2.75) is 19.4 Å². The molecule has 3 aromatic rings. The van der Waals surface area contributed by atoms with E-state index in [1.807, 2.05) is 36.6 Å². The zero-order valence-electron chi connectivity index (χ0n) is 19.1. The van der Waals surface area contributed by atoms with Gasteiger partial charge in [0.05, 0.1) is 6.04 Å². The molecule has 1 aliphatic rings. The summed E-state index contributed by atoms with van der Waals surface area (Å²) in [6.45, 7) is 6.71. The molecule has 2 amide bonds. The first kappa shape index (κ1) is 23.7.